The van der Waals surface area contributed by atoms with Gasteiger partial charge in [0.05, 0.1) is 12.6 Å². The van der Waals surface area contributed by atoms with E-state index in [1.807, 2.05) is 30.3 Å². The molecule has 3 amide bonds. The SMILES string of the molecule is CCC(C)C(NC(=O)C(CCC(=O)O)NC(=O)CNC(=O)C(N)Cc1ccccc1)C(=O)O. The lowest BCUT2D eigenvalue weighted by atomic mass is 9.98. The highest BCUT2D eigenvalue weighted by Gasteiger charge is 2.30. The number of benzene rings is 1. The molecule has 0 aliphatic heterocycles. The minimum absolute atomic E-state index is 0.249. The van der Waals surface area contributed by atoms with Crippen molar-refractivity contribution in [2.45, 2.75) is 57.7 Å². The molecule has 0 radical (unpaired) electrons. The molecule has 4 atom stereocenters. The van der Waals surface area contributed by atoms with E-state index in [0.29, 0.717) is 6.42 Å². The van der Waals surface area contributed by atoms with Crippen LogP contribution in [0.4, 0.5) is 0 Å². The average Bonchev–Trinajstić information content (AvgIpc) is 2.78. The van der Waals surface area contributed by atoms with Gasteiger partial charge in [0.2, 0.25) is 17.7 Å². The molecule has 0 saturated heterocycles. The van der Waals surface area contributed by atoms with Crippen molar-refractivity contribution in [1.82, 2.24) is 16.0 Å². The molecule has 33 heavy (non-hydrogen) atoms. The number of hydrogen-bond acceptors (Lipinski definition) is 6. The number of hydrogen-bond donors (Lipinski definition) is 6. The minimum atomic E-state index is -1.28. The second kappa shape index (κ2) is 13.8. The Morgan fingerprint density at radius 1 is 1.00 bits per heavy atom. The summed E-state index contributed by atoms with van der Waals surface area (Å²) in [6, 6.07) is 5.72. The molecule has 0 aromatic heterocycles. The first-order valence-electron chi connectivity index (χ1n) is 10.7. The summed E-state index contributed by atoms with van der Waals surface area (Å²) in [6.45, 7) is 2.94. The maximum absolute atomic E-state index is 12.6. The van der Waals surface area contributed by atoms with Gasteiger partial charge in [0.1, 0.15) is 12.1 Å². The van der Waals surface area contributed by atoms with E-state index < -0.39 is 60.8 Å². The Kier molecular flexibility index (Phi) is 11.6. The molecule has 1 rings (SSSR count). The zero-order valence-corrected chi connectivity index (χ0v) is 18.7. The standard InChI is InChI=1S/C22H32N4O7/c1-3-13(2)19(22(32)33)26-21(31)16(9-10-18(28)29)25-17(27)12-24-20(30)15(23)11-14-7-5-4-6-8-14/h4-8,13,15-16,19H,3,9-12,23H2,1-2H3,(H,24,30)(H,25,27)(H,26,31)(H,28,29)(H,32,33). The lowest BCUT2D eigenvalue weighted by Crippen LogP contribution is -2.55. The second-order valence-electron chi connectivity index (χ2n) is 7.78. The molecule has 0 fully saturated rings. The van der Waals surface area contributed by atoms with Gasteiger partial charge in [0, 0.05) is 6.42 Å². The van der Waals surface area contributed by atoms with Crippen molar-refractivity contribution in [1.29, 1.82) is 0 Å². The van der Waals surface area contributed by atoms with Crippen molar-refractivity contribution < 1.29 is 34.2 Å². The molecule has 0 spiro atoms. The quantitative estimate of drug-likeness (QED) is 0.215. The van der Waals surface area contributed by atoms with Crippen LogP contribution in [0.15, 0.2) is 30.3 Å². The molecule has 1 aromatic carbocycles. The van der Waals surface area contributed by atoms with E-state index in [-0.39, 0.29) is 18.8 Å². The van der Waals surface area contributed by atoms with E-state index >= 15 is 0 Å². The molecule has 11 nitrogen and oxygen atoms in total. The Labute approximate surface area is 192 Å². The maximum atomic E-state index is 12.6. The molecule has 0 heterocycles. The molecule has 0 saturated carbocycles. The predicted octanol–water partition coefficient (Wildman–Crippen LogP) is -0.362. The van der Waals surface area contributed by atoms with E-state index in [1.54, 1.807) is 13.8 Å². The van der Waals surface area contributed by atoms with Crippen molar-refractivity contribution in [3.63, 3.8) is 0 Å². The number of nitrogens with one attached hydrogen (secondary N) is 3. The molecule has 4 unspecified atom stereocenters. The number of nitrogens with two attached hydrogens (primary N) is 1. The summed E-state index contributed by atoms with van der Waals surface area (Å²) in [4.78, 5) is 59.4. The molecule has 0 bridgehead atoms. The molecule has 182 valence electrons. The zero-order chi connectivity index (χ0) is 25.0. The van der Waals surface area contributed by atoms with Gasteiger partial charge in [-0.15, -0.1) is 0 Å². The van der Waals surface area contributed by atoms with Crippen LogP contribution in [0.25, 0.3) is 0 Å². The molecule has 0 aliphatic carbocycles. The molecule has 11 heteroatoms. The van der Waals surface area contributed by atoms with Gasteiger partial charge in [-0.3, -0.25) is 19.2 Å². The van der Waals surface area contributed by atoms with Crippen LogP contribution < -0.4 is 21.7 Å². The number of carboxylic acid groups (broad SMARTS) is 2. The van der Waals surface area contributed by atoms with Crippen LogP contribution in [0.3, 0.4) is 0 Å². The Bertz CT molecular complexity index is 831. The lowest BCUT2D eigenvalue weighted by Gasteiger charge is -2.24. The third-order valence-electron chi connectivity index (χ3n) is 5.13. The summed E-state index contributed by atoms with van der Waals surface area (Å²) < 4.78 is 0. The van der Waals surface area contributed by atoms with Crippen LogP contribution >= 0.6 is 0 Å². The number of rotatable bonds is 14. The van der Waals surface area contributed by atoms with Crippen molar-refractivity contribution in [2.24, 2.45) is 11.7 Å². The first-order chi connectivity index (χ1) is 15.5. The third-order valence-corrected chi connectivity index (χ3v) is 5.13. The van der Waals surface area contributed by atoms with Crippen LogP contribution in [-0.2, 0) is 30.4 Å². The number of aliphatic carboxylic acids is 2. The molecular weight excluding hydrogens is 432 g/mol. The minimum Gasteiger partial charge on any atom is -0.481 e. The summed E-state index contributed by atoms with van der Waals surface area (Å²) in [6.07, 6.45) is 0.0811. The largest absolute Gasteiger partial charge is 0.481 e. The fourth-order valence-corrected chi connectivity index (χ4v) is 2.98. The highest BCUT2D eigenvalue weighted by Crippen LogP contribution is 2.09. The highest BCUT2D eigenvalue weighted by atomic mass is 16.4. The van der Waals surface area contributed by atoms with Gasteiger partial charge in [-0.2, -0.15) is 0 Å². The van der Waals surface area contributed by atoms with E-state index in [4.69, 9.17) is 10.8 Å². The summed E-state index contributed by atoms with van der Waals surface area (Å²) in [5, 5.41) is 25.4. The molecule has 7 N–H and O–H groups in total. The van der Waals surface area contributed by atoms with Gasteiger partial charge in [-0.05, 0) is 24.3 Å². The zero-order valence-electron chi connectivity index (χ0n) is 18.7. The van der Waals surface area contributed by atoms with E-state index in [0.717, 1.165) is 5.56 Å². The summed E-state index contributed by atoms with van der Waals surface area (Å²) in [7, 11) is 0. The van der Waals surface area contributed by atoms with Crippen LogP contribution in [0, 0.1) is 5.92 Å². The smallest absolute Gasteiger partial charge is 0.326 e. The lowest BCUT2D eigenvalue weighted by molar-refractivity contribution is -0.144. The predicted molar refractivity (Wildman–Crippen MR) is 119 cm³/mol. The van der Waals surface area contributed by atoms with Crippen LogP contribution in [-0.4, -0.2) is 64.5 Å². The van der Waals surface area contributed by atoms with E-state index in [9.17, 15) is 29.1 Å². The second-order valence-corrected chi connectivity index (χ2v) is 7.78. The third kappa shape index (κ3) is 10.1. The molecular formula is C22H32N4O7. The van der Waals surface area contributed by atoms with Crippen LogP contribution in [0.1, 0.15) is 38.7 Å². The van der Waals surface area contributed by atoms with Crippen molar-refractivity contribution >= 4 is 29.7 Å². The topological polar surface area (TPSA) is 188 Å². The number of carbonyl (C=O) groups is 5. The fraction of sp³-hybridized carbons (Fsp3) is 0.500. The summed E-state index contributed by atoms with van der Waals surface area (Å²) >= 11 is 0. The normalized spacial score (nSPS) is 14.3. The Morgan fingerprint density at radius 2 is 1.64 bits per heavy atom. The first-order valence-corrected chi connectivity index (χ1v) is 10.7. The Hall–Kier alpha value is -3.47. The van der Waals surface area contributed by atoms with Gasteiger partial charge in [-0.1, -0.05) is 50.6 Å². The number of amides is 3. The average molecular weight is 465 g/mol. The Morgan fingerprint density at radius 3 is 2.18 bits per heavy atom. The first kappa shape index (κ1) is 27.6. The van der Waals surface area contributed by atoms with Gasteiger partial charge in [-0.25, -0.2) is 4.79 Å². The summed E-state index contributed by atoms with van der Waals surface area (Å²) in [5.41, 5.74) is 6.71. The van der Waals surface area contributed by atoms with Crippen LogP contribution in [0.5, 0.6) is 0 Å². The number of carboxylic acids is 2. The van der Waals surface area contributed by atoms with Gasteiger partial charge in [0.15, 0.2) is 0 Å². The van der Waals surface area contributed by atoms with Crippen molar-refractivity contribution in [3.05, 3.63) is 35.9 Å². The molecule has 0 aliphatic rings. The highest BCUT2D eigenvalue weighted by molar-refractivity contribution is 5.92. The van der Waals surface area contributed by atoms with Gasteiger partial charge in [0.25, 0.3) is 0 Å². The Balaban J connectivity index is 2.69. The maximum Gasteiger partial charge on any atom is 0.326 e. The number of carbonyl (C=O) groups excluding carboxylic acids is 3. The van der Waals surface area contributed by atoms with Gasteiger partial charge < -0.3 is 31.9 Å². The van der Waals surface area contributed by atoms with E-state index in [1.165, 1.54) is 0 Å². The molecule has 1 aromatic rings. The monoisotopic (exact) mass is 464 g/mol. The van der Waals surface area contributed by atoms with Crippen LogP contribution in [0.2, 0.25) is 0 Å². The van der Waals surface area contributed by atoms with E-state index in [2.05, 4.69) is 16.0 Å². The summed E-state index contributed by atoms with van der Waals surface area (Å²) in [5.74, 6) is -4.92. The fourth-order valence-electron chi connectivity index (χ4n) is 2.98. The van der Waals surface area contributed by atoms with Crippen molar-refractivity contribution in [3.8, 4) is 0 Å². The van der Waals surface area contributed by atoms with Crippen molar-refractivity contribution in [2.75, 3.05) is 6.54 Å². The van der Waals surface area contributed by atoms with Gasteiger partial charge >= 0.3 is 11.9 Å².